The second-order valence-corrected chi connectivity index (χ2v) is 4.95. The van der Waals surface area contributed by atoms with E-state index in [-0.39, 0.29) is 11.5 Å². The number of benzene rings is 1. The van der Waals surface area contributed by atoms with Crippen molar-refractivity contribution in [1.29, 1.82) is 0 Å². The molecule has 1 aromatic carbocycles. The van der Waals surface area contributed by atoms with Crippen LogP contribution in [0.25, 0.3) is 11.4 Å². The number of phenols is 1. The van der Waals surface area contributed by atoms with Gasteiger partial charge in [-0.3, -0.25) is 4.79 Å². The van der Waals surface area contributed by atoms with E-state index in [1.165, 1.54) is 18.7 Å². The number of phenolic OH excluding ortho intramolecular Hbond substituents is 1. The SMILES string of the molecule is CC(=O)CSc1nnc(-c2cc(C)ccc2O)[nH]1. The Balaban J connectivity index is 2.23. The molecule has 0 atom stereocenters. The number of hydrogen-bond acceptors (Lipinski definition) is 5. The number of aromatic amines is 1. The minimum absolute atomic E-state index is 0.0800. The van der Waals surface area contributed by atoms with Crippen LogP contribution >= 0.6 is 11.8 Å². The molecule has 5 nitrogen and oxygen atoms in total. The van der Waals surface area contributed by atoms with E-state index in [0.29, 0.717) is 22.3 Å². The van der Waals surface area contributed by atoms with Gasteiger partial charge < -0.3 is 10.1 Å². The standard InChI is InChI=1S/C12H13N3O2S/c1-7-3-4-10(17)9(5-7)11-13-12(15-14-11)18-6-8(2)16/h3-5,17H,6H2,1-2H3,(H,13,14,15). The maximum atomic E-state index is 10.9. The molecule has 1 aromatic heterocycles. The highest BCUT2D eigenvalue weighted by molar-refractivity contribution is 7.99. The fourth-order valence-electron chi connectivity index (χ4n) is 1.44. The van der Waals surface area contributed by atoms with Crippen molar-refractivity contribution in [2.75, 3.05) is 5.75 Å². The highest BCUT2D eigenvalue weighted by Crippen LogP contribution is 2.28. The number of hydrogen-bond donors (Lipinski definition) is 2. The van der Waals surface area contributed by atoms with Crippen LogP contribution in [0.4, 0.5) is 0 Å². The smallest absolute Gasteiger partial charge is 0.189 e. The maximum absolute atomic E-state index is 10.9. The van der Waals surface area contributed by atoms with Crippen molar-refractivity contribution in [1.82, 2.24) is 15.2 Å². The number of nitrogens with zero attached hydrogens (tertiary/aromatic N) is 2. The summed E-state index contributed by atoms with van der Waals surface area (Å²) < 4.78 is 0. The van der Waals surface area contributed by atoms with Crippen LogP contribution in [-0.4, -0.2) is 31.8 Å². The molecule has 6 heteroatoms. The number of aryl methyl sites for hydroxylation is 1. The highest BCUT2D eigenvalue weighted by Gasteiger charge is 2.10. The second-order valence-electron chi connectivity index (χ2n) is 3.99. The molecular formula is C12H13N3O2S. The van der Waals surface area contributed by atoms with Gasteiger partial charge in [-0.1, -0.05) is 23.4 Å². The number of thioether (sulfide) groups is 1. The summed E-state index contributed by atoms with van der Waals surface area (Å²) in [6.45, 7) is 3.46. The van der Waals surface area contributed by atoms with Crippen LogP contribution in [0.1, 0.15) is 12.5 Å². The molecule has 1 heterocycles. The molecule has 0 aliphatic rings. The van der Waals surface area contributed by atoms with Gasteiger partial charge in [0, 0.05) is 0 Å². The summed E-state index contributed by atoms with van der Waals surface area (Å²) in [5.41, 5.74) is 1.63. The van der Waals surface area contributed by atoms with Gasteiger partial charge in [-0.2, -0.15) is 0 Å². The van der Waals surface area contributed by atoms with E-state index in [9.17, 15) is 9.90 Å². The predicted molar refractivity (Wildman–Crippen MR) is 69.6 cm³/mol. The van der Waals surface area contributed by atoms with Gasteiger partial charge in [0.15, 0.2) is 11.0 Å². The number of aromatic nitrogens is 3. The lowest BCUT2D eigenvalue weighted by Gasteiger charge is -2.01. The number of carbonyl (C=O) groups excluding carboxylic acids is 1. The number of nitrogens with one attached hydrogen (secondary N) is 1. The van der Waals surface area contributed by atoms with Crippen LogP contribution in [0.5, 0.6) is 5.75 Å². The third kappa shape index (κ3) is 2.89. The molecule has 0 bridgehead atoms. The summed E-state index contributed by atoms with van der Waals surface area (Å²) in [4.78, 5) is 13.9. The summed E-state index contributed by atoms with van der Waals surface area (Å²) in [6, 6.07) is 5.27. The highest BCUT2D eigenvalue weighted by atomic mass is 32.2. The fraction of sp³-hybridized carbons (Fsp3) is 0.250. The summed E-state index contributed by atoms with van der Waals surface area (Å²) >= 11 is 1.29. The minimum Gasteiger partial charge on any atom is -0.507 e. The molecule has 0 saturated heterocycles. The molecule has 0 aliphatic carbocycles. The Hall–Kier alpha value is -1.82. The van der Waals surface area contributed by atoms with E-state index >= 15 is 0 Å². The van der Waals surface area contributed by atoms with Gasteiger partial charge in [0.25, 0.3) is 0 Å². The van der Waals surface area contributed by atoms with Gasteiger partial charge in [0.05, 0.1) is 11.3 Å². The first-order chi connectivity index (χ1) is 8.56. The normalized spacial score (nSPS) is 10.6. The van der Waals surface area contributed by atoms with Crippen molar-refractivity contribution in [2.45, 2.75) is 19.0 Å². The molecule has 2 rings (SSSR count). The second kappa shape index (κ2) is 5.22. The zero-order valence-corrected chi connectivity index (χ0v) is 10.9. The number of ketones is 1. The van der Waals surface area contributed by atoms with Gasteiger partial charge in [0.1, 0.15) is 11.5 Å². The lowest BCUT2D eigenvalue weighted by Crippen LogP contribution is -1.93. The van der Waals surface area contributed by atoms with E-state index in [2.05, 4.69) is 15.2 Å². The summed E-state index contributed by atoms with van der Waals surface area (Å²) in [7, 11) is 0. The first-order valence-corrected chi connectivity index (χ1v) is 6.39. The molecule has 0 spiro atoms. The van der Waals surface area contributed by atoms with Crippen molar-refractivity contribution in [2.24, 2.45) is 0 Å². The van der Waals surface area contributed by atoms with Crippen LogP contribution in [0.15, 0.2) is 23.4 Å². The fourth-order valence-corrected chi connectivity index (χ4v) is 2.05. The largest absolute Gasteiger partial charge is 0.507 e. The lowest BCUT2D eigenvalue weighted by atomic mass is 10.1. The van der Waals surface area contributed by atoms with Crippen molar-refractivity contribution in [3.05, 3.63) is 23.8 Å². The van der Waals surface area contributed by atoms with E-state index in [1.54, 1.807) is 6.07 Å². The topological polar surface area (TPSA) is 78.9 Å². The molecule has 94 valence electrons. The third-order valence-electron chi connectivity index (χ3n) is 2.29. The summed E-state index contributed by atoms with van der Waals surface area (Å²) in [6.07, 6.45) is 0. The monoisotopic (exact) mass is 263 g/mol. The number of H-pyrrole nitrogens is 1. The van der Waals surface area contributed by atoms with Crippen LogP contribution in [0.3, 0.4) is 0 Å². The van der Waals surface area contributed by atoms with Gasteiger partial charge in [-0.05, 0) is 26.0 Å². The zero-order chi connectivity index (χ0) is 13.1. The first kappa shape index (κ1) is 12.6. The van der Waals surface area contributed by atoms with Crippen molar-refractivity contribution < 1.29 is 9.90 Å². The van der Waals surface area contributed by atoms with Gasteiger partial charge in [0.2, 0.25) is 0 Å². The molecule has 18 heavy (non-hydrogen) atoms. The number of rotatable bonds is 4. The van der Waals surface area contributed by atoms with E-state index in [1.807, 2.05) is 19.1 Å². The molecule has 0 aliphatic heterocycles. The number of Topliss-reactive ketones (excluding diaryl/α,β-unsaturated/α-hetero) is 1. The van der Waals surface area contributed by atoms with Crippen molar-refractivity contribution in [3.63, 3.8) is 0 Å². The molecule has 0 fully saturated rings. The molecule has 0 radical (unpaired) electrons. The number of carbonyl (C=O) groups is 1. The van der Waals surface area contributed by atoms with E-state index in [4.69, 9.17) is 0 Å². The zero-order valence-electron chi connectivity index (χ0n) is 10.1. The Bertz CT molecular complexity index is 580. The third-order valence-corrected chi connectivity index (χ3v) is 3.29. The van der Waals surface area contributed by atoms with Gasteiger partial charge >= 0.3 is 0 Å². The molecule has 0 unspecified atom stereocenters. The summed E-state index contributed by atoms with van der Waals surface area (Å²) in [5.74, 6) is 1.09. The molecule has 2 N–H and O–H groups in total. The number of aromatic hydroxyl groups is 1. The van der Waals surface area contributed by atoms with Gasteiger partial charge in [-0.25, -0.2) is 0 Å². The Morgan fingerprint density at radius 3 is 2.94 bits per heavy atom. The Morgan fingerprint density at radius 1 is 1.44 bits per heavy atom. The van der Waals surface area contributed by atoms with Gasteiger partial charge in [-0.15, -0.1) is 10.2 Å². The Morgan fingerprint density at radius 2 is 2.22 bits per heavy atom. The van der Waals surface area contributed by atoms with Crippen LogP contribution < -0.4 is 0 Å². The minimum atomic E-state index is 0.0800. The summed E-state index contributed by atoms with van der Waals surface area (Å²) in [5, 5.41) is 18.2. The average Bonchev–Trinajstić information content (AvgIpc) is 2.78. The maximum Gasteiger partial charge on any atom is 0.189 e. The molecule has 0 amide bonds. The van der Waals surface area contributed by atoms with Crippen molar-refractivity contribution in [3.8, 4) is 17.1 Å². The van der Waals surface area contributed by atoms with Crippen LogP contribution in [0.2, 0.25) is 0 Å². The van der Waals surface area contributed by atoms with Crippen LogP contribution in [0, 0.1) is 6.92 Å². The quantitative estimate of drug-likeness (QED) is 0.826. The Kier molecular flexibility index (Phi) is 3.66. The first-order valence-electron chi connectivity index (χ1n) is 5.41. The average molecular weight is 263 g/mol. The van der Waals surface area contributed by atoms with Crippen LogP contribution in [-0.2, 0) is 4.79 Å². The molecular weight excluding hydrogens is 250 g/mol. The molecule has 2 aromatic rings. The Labute approximate surface area is 109 Å². The molecule has 0 saturated carbocycles. The van der Waals surface area contributed by atoms with E-state index < -0.39 is 0 Å². The predicted octanol–water partition coefficient (Wildman–Crippen LogP) is 2.17. The van der Waals surface area contributed by atoms with Crippen molar-refractivity contribution >= 4 is 17.5 Å². The van der Waals surface area contributed by atoms with E-state index in [0.717, 1.165) is 5.56 Å². The lowest BCUT2D eigenvalue weighted by molar-refractivity contribution is -0.114.